The zero-order valence-corrected chi connectivity index (χ0v) is 39.7. The predicted molar refractivity (Wildman–Crippen MR) is 255 cm³/mol. The Morgan fingerprint density at radius 1 is 0.475 bits per heavy atom. The molecular formula is C53H101NO5. The van der Waals surface area contributed by atoms with Crippen molar-refractivity contribution in [1.29, 1.82) is 0 Å². The molecule has 0 aromatic heterocycles. The van der Waals surface area contributed by atoms with Gasteiger partial charge in [0, 0.05) is 6.42 Å². The van der Waals surface area contributed by atoms with Crippen molar-refractivity contribution in [2.24, 2.45) is 0 Å². The SMILES string of the molecule is CCCCCCCC/C=C/CCCCCCCC(CC(=O)NC(CO)C(O)CCCCCCCCCCCCC)OC(=O)CCCCC/C=C\CCCCCCCCC. The third kappa shape index (κ3) is 42.8. The fourth-order valence-electron chi connectivity index (χ4n) is 8.01. The highest BCUT2D eigenvalue weighted by atomic mass is 16.5. The van der Waals surface area contributed by atoms with E-state index in [1.807, 2.05) is 0 Å². The minimum atomic E-state index is -0.788. The molecule has 6 heteroatoms. The second-order valence-corrected chi connectivity index (χ2v) is 17.9. The summed E-state index contributed by atoms with van der Waals surface area (Å²) in [6.07, 6.45) is 53.8. The van der Waals surface area contributed by atoms with E-state index in [-0.39, 0.29) is 24.9 Å². The Balaban J connectivity index is 4.60. The summed E-state index contributed by atoms with van der Waals surface area (Å²) >= 11 is 0. The highest BCUT2D eigenvalue weighted by Gasteiger charge is 2.24. The first-order valence-electron chi connectivity index (χ1n) is 26.1. The highest BCUT2D eigenvalue weighted by Crippen LogP contribution is 2.18. The normalized spacial score (nSPS) is 13.4. The number of carbonyl (C=O) groups excluding carboxylic acids is 2. The summed E-state index contributed by atoms with van der Waals surface area (Å²) in [7, 11) is 0. The van der Waals surface area contributed by atoms with E-state index >= 15 is 0 Å². The first-order valence-corrected chi connectivity index (χ1v) is 26.1. The van der Waals surface area contributed by atoms with Gasteiger partial charge in [-0.3, -0.25) is 9.59 Å². The summed E-state index contributed by atoms with van der Waals surface area (Å²) in [5.41, 5.74) is 0. The van der Waals surface area contributed by atoms with Crippen molar-refractivity contribution in [3.8, 4) is 0 Å². The summed E-state index contributed by atoms with van der Waals surface area (Å²) in [5.74, 6) is -0.490. The van der Waals surface area contributed by atoms with Crippen LogP contribution in [0.25, 0.3) is 0 Å². The van der Waals surface area contributed by atoms with Crippen LogP contribution in [0.4, 0.5) is 0 Å². The molecule has 0 aliphatic carbocycles. The third-order valence-corrected chi connectivity index (χ3v) is 12.0. The molecule has 0 aliphatic rings. The Kier molecular flexibility index (Phi) is 46.1. The summed E-state index contributed by atoms with van der Waals surface area (Å²) in [6, 6.07) is -0.702. The topological polar surface area (TPSA) is 95.9 Å². The average molecular weight is 832 g/mol. The fourth-order valence-corrected chi connectivity index (χ4v) is 8.01. The van der Waals surface area contributed by atoms with Gasteiger partial charge in [0.25, 0.3) is 0 Å². The lowest BCUT2D eigenvalue weighted by Gasteiger charge is -2.24. The molecule has 0 fully saturated rings. The Morgan fingerprint density at radius 3 is 1.20 bits per heavy atom. The number of carbonyl (C=O) groups is 2. The van der Waals surface area contributed by atoms with Crippen molar-refractivity contribution < 1.29 is 24.5 Å². The van der Waals surface area contributed by atoms with Crippen LogP contribution in [0, 0.1) is 0 Å². The van der Waals surface area contributed by atoms with Crippen LogP contribution >= 0.6 is 0 Å². The molecule has 3 atom stereocenters. The molecule has 1 amide bonds. The maximum absolute atomic E-state index is 13.2. The van der Waals surface area contributed by atoms with Gasteiger partial charge in [-0.25, -0.2) is 0 Å². The van der Waals surface area contributed by atoms with Gasteiger partial charge in [0.05, 0.1) is 25.2 Å². The van der Waals surface area contributed by atoms with Crippen LogP contribution in [0.15, 0.2) is 24.3 Å². The minimum Gasteiger partial charge on any atom is -0.462 e. The maximum atomic E-state index is 13.2. The molecular weight excluding hydrogens is 731 g/mol. The number of allylic oxidation sites excluding steroid dienone is 4. The molecule has 0 aliphatic heterocycles. The fraction of sp³-hybridized carbons (Fsp3) is 0.887. The first kappa shape index (κ1) is 57.3. The summed E-state index contributed by atoms with van der Waals surface area (Å²) in [6.45, 7) is 6.48. The van der Waals surface area contributed by atoms with Gasteiger partial charge in [-0.1, -0.05) is 212 Å². The zero-order valence-electron chi connectivity index (χ0n) is 39.7. The Morgan fingerprint density at radius 2 is 0.814 bits per heavy atom. The Bertz CT molecular complexity index is 935. The van der Waals surface area contributed by atoms with Crippen LogP contribution in [-0.4, -0.2) is 46.9 Å². The van der Waals surface area contributed by atoms with Gasteiger partial charge >= 0.3 is 5.97 Å². The summed E-state index contributed by atoms with van der Waals surface area (Å²) in [5, 5.41) is 23.7. The van der Waals surface area contributed by atoms with Crippen molar-refractivity contribution in [2.45, 2.75) is 296 Å². The number of amides is 1. The van der Waals surface area contributed by atoms with Crippen LogP contribution in [0.1, 0.15) is 278 Å². The number of aliphatic hydroxyl groups excluding tert-OH is 2. The summed E-state index contributed by atoms with van der Waals surface area (Å²) in [4.78, 5) is 26.1. The molecule has 6 nitrogen and oxygen atoms in total. The number of hydrogen-bond acceptors (Lipinski definition) is 5. The molecule has 0 radical (unpaired) electrons. The lowest BCUT2D eigenvalue weighted by Crippen LogP contribution is -2.46. The summed E-state index contributed by atoms with van der Waals surface area (Å²) < 4.78 is 5.93. The molecule has 0 saturated carbocycles. The predicted octanol–water partition coefficient (Wildman–Crippen LogP) is 15.5. The third-order valence-electron chi connectivity index (χ3n) is 12.0. The van der Waals surface area contributed by atoms with Crippen LogP contribution < -0.4 is 5.32 Å². The Labute approximate surface area is 367 Å². The number of rotatable bonds is 47. The standard InChI is InChI=1S/C53H101NO5/c1-4-7-10-13-16-19-22-24-26-27-30-32-35-38-41-44-49(59-53(58)46-43-40-37-34-31-28-25-23-20-17-14-11-8-5-2)47-52(57)54-50(48-55)51(56)45-42-39-36-33-29-21-18-15-12-9-6-3/h24,26,28,31,49-51,55-56H,4-23,25,27,29-30,32-48H2,1-3H3,(H,54,57)/b26-24+,31-28-. The smallest absolute Gasteiger partial charge is 0.306 e. The van der Waals surface area contributed by atoms with Gasteiger partial charge in [-0.05, 0) is 77.0 Å². The van der Waals surface area contributed by atoms with E-state index in [9.17, 15) is 19.8 Å². The second kappa shape index (κ2) is 47.4. The average Bonchev–Trinajstić information content (AvgIpc) is 3.23. The molecule has 3 unspecified atom stereocenters. The second-order valence-electron chi connectivity index (χ2n) is 17.9. The van der Waals surface area contributed by atoms with E-state index < -0.39 is 18.2 Å². The zero-order chi connectivity index (χ0) is 43.1. The molecule has 0 aromatic rings. The molecule has 59 heavy (non-hydrogen) atoms. The van der Waals surface area contributed by atoms with E-state index in [0.717, 1.165) is 70.6 Å². The van der Waals surface area contributed by atoms with E-state index in [2.05, 4.69) is 50.4 Å². The van der Waals surface area contributed by atoms with Crippen molar-refractivity contribution >= 4 is 11.9 Å². The molecule has 3 N–H and O–H groups in total. The number of esters is 1. The molecule has 0 aromatic carbocycles. The monoisotopic (exact) mass is 832 g/mol. The number of nitrogens with one attached hydrogen (secondary N) is 1. The van der Waals surface area contributed by atoms with Crippen molar-refractivity contribution in [2.75, 3.05) is 6.61 Å². The molecule has 0 rings (SSSR count). The minimum absolute atomic E-state index is 0.0698. The van der Waals surface area contributed by atoms with Crippen LogP contribution in [0.5, 0.6) is 0 Å². The molecule has 348 valence electrons. The number of hydrogen-bond donors (Lipinski definition) is 3. The molecule has 0 heterocycles. The lowest BCUT2D eigenvalue weighted by molar-refractivity contribution is -0.151. The van der Waals surface area contributed by atoms with Crippen molar-refractivity contribution in [1.82, 2.24) is 5.32 Å². The van der Waals surface area contributed by atoms with Crippen molar-refractivity contribution in [3.63, 3.8) is 0 Å². The van der Waals surface area contributed by atoms with Gasteiger partial charge in [-0.2, -0.15) is 0 Å². The quantitative estimate of drug-likeness (QED) is 0.0322. The molecule has 0 spiro atoms. The molecule has 0 bridgehead atoms. The van der Waals surface area contributed by atoms with Crippen LogP contribution in [0.3, 0.4) is 0 Å². The van der Waals surface area contributed by atoms with E-state index in [0.29, 0.717) is 19.3 Å². The first-order chi connectivity index (χ1) is 29.0. The number of aliphatic hydroxyl groups is 2. The van der Waals surface area contributed by atoms with Gasteiger partial charge in [0.1, 0.15) is 6.10 Å². The number of ether oxygens (including phenoxy) is 1. The highest BCUT2D eigenvalue weighted by molar-refractivity contribution is 5.77. The van der Waals surface area contributed by atoms with Crippen LogP contribution in [-0.2, 0) is 14.3 Å². The largest absolute Gasteiger partial charge is 0.462 e. The van der Waals surface area contributed by atoms with E-state index in [4.69, 9.17) is 4.74 Å². The van der Waals surface area contributed by atoms with Crippen LogP contribution in [0.2, 0.25) is 0 Å². The molecule has 0 saturated heterocycles. The van der Waals surface area contributed by atoms with Crippen molar-refractivity contribution in [3.05, 3.63) is 24.3 Å². The van der Waals surface area contributed by atoms with Gasteiger partial charge < -0.3 is 20.3 Å². The van der Waals surface area contributed by atoms with Gasteiger partial charge in [-0.15, -0.1) is 0 Å². The van der Waals surface area contributed by atoms with E-state index in [1.54, 1.807) is 0 Å². The van der Waals surface area contributed by atoms with Gasteiger partial charge in [0.15, 0.2) is 0 Å². The maximum Gasteiger partial charge on any atom is 0.306 e. The lowest BCUT2D eigenvalue weighted by atomic mass is 10.0. The number of unbranched alkanes of at least 4 members (excludes halogenated alkanes) is 31. The van der Waals surface area contributed by atoms with Gasteiger partial charge in [0.2, 0.25) is 5.91 Å². The Hall–Kier alpha value is -1.66. The van der Waals surface area contributed by atoms with E-state index in [1.165, 1.54) is 161 Å².